The Morgan fingerprint density at radius 3 is 2.74 bits per heavy atom. The molecule has 0 spiro atoms. The van der Waals surface area contributed by atoms with Crippen LogP contribution in [0.5, 0.6) is 5.75 Å². The molecular weight excluding hydrogens is 509 g/mol. The third-order valence-corrected chi connectivity index (χ3v) is 5.95. The van der Waals surface area contributed by atoms with Gasteiger partial charge in [0.15, 0.2) is 0 Å². The number of benzene rings is 3. The van der Waals surface area contributed by atoms with Crippen molar-refractivity contribution in [1.82, 2.24) is 25.0 Å². The van der Waals surface area contributed by atoms with Gasteiger partial charge < -0.3 is 15.4 Å². The number of nitrogens with zero attached hydrogens (tertiary/aromatic N) is 5. The molecule has 38 heavy (non-hydrogen) atoms. The van der Waals surface area contributed by atoms with E-state index >= 15 is 0 Å². The molecule has 0 atom stereocenters. The van der Waals surface area contributed by atoms with Crippen molar-refractivity contribution in [3.05, 3.63) is 95.3 Å². The highest BCUT2D eigenvalue weighted by atomic mass is 35.5. The first-order valence-corrected chi connectivity index (χ1v) is 12.2. The standard InChI is InChI=1S/C27H23ClFN7O2/c1-2-26(37)33-24-11-20-23(30-16-31-27(20)32-18-8-9-22(29)21(28)10-18)12-25(24)38-15-19-14-36(35-34-19)13-17-6-4-3-5-7-17/h3-12,14,16H,2,13,15H2,1H3,(H,33,37)(H,30,31,32). The van der Waals surface area contributed by atoms with Crippen LogP contribution < -0.4 is 15.4 Å². The normalized spacial score (nSPS) is 10.9. The first-order valence-electron chi connectivity index (χ1n) is 11.8. The average molecular weight is 532 g/mol. The average Bonchev–Trinajstić information content (AvgIpc) is 3.37. The van der Waals surface area contributed by atoms with E-state index in [-0.39, 0.29) is 24.0 Å². The van der Waals surface area contributed by atoms with Crippen molar-refractivity contribution in [3.8, 4) is 5.75 Å². The summed E-state index contributed by atoms with van der Waals surface area (Å²) < 4.78 is 21.4. The fraction of sp³-hybridized carbons (Fsp3) is 0.148. The van der Waals surface area contributed by atoms with Gasteiger partial charge in [-0.3, -0.25) is 4.79 Å². The van der Waals surface area contributed by atoms with E-state index in [2.05, 4.69) is 30.9 Å². The summed E-state index contributed by atoms with van der Waals surface area (Å²) >= 11 is 5.92. The van der Waals surface area contributed by atoms with Gasteiger partial charge in [-0.1, -0.05) is 54.1 Å². The first-order chi connectivity index (χ1) is 18.5. The number of hydrogen-bond acceptors (Lipinski definition) is 7. The number of aromatic nitrogens is 5. The quantitative estimate of drug-likeness (QED) is 0.250. The highest BCUT2D eigenvalue weighted by molar-refractivity contribution is 6.31. The molecule has 0 unspecified atom stereocenters. The second-order valence-corrected chi connectivity index (χ2v) is 8.83. The minimum absolute atomic E-state index is 0.0133. The van der Waals surface area contributed by atoms with E-state index in [4.69, 9.17) is 16.3 Å². The lowest BCUT2D eigenvalue weighted by Gasteiger charge is -2.15. The van der Waals surface area contributed by atoms with E-state index < -0.39 is 5.82 Å². The van der Waals surface area contributed by atoms with E-state index in [9.17, 15) is 9.18 Å². The molecule has 0 radical (unpaired) electrons. The molecule has 0 aliphatic rings. The molecule has 9 nitrogen and oxygen atoms in total. The smallest absolute Gasteiger partial charge is 0.224 e. The molecule has 2 N–H and O–H groups in total. The number of hydrogen-bond donors (Lipinski definition) is 2. The van der Waals surface area contributed by atoms with Gasteiger partial charge in [-0.05, 0) is 29.8 Å². The van der Waals surface area contributed by atoms with Gasteiger partial charge in [0, 0.05) is 23.6 Å². The zero-order valence-electron chi connectivity index (χ0n) is 20.4. The molecule has 5 aromatic rings. The maximum absolute atomic E-state index is 13.6. The Morgan fingerprint density at radius 1 is 1.11 bits per heavy atom. The Hall–Kier alpha value is -4.57. The van der Waals surface area contributed by atoms with Crippen molar-refractivity contribution in [2.45, 2.75) is 26.5 Å². The van der Waals surface area contributed by atoms with Gasteiger partial charge >= 0.3 is 0 Å². The van der Waals surface area contributed by atoms with Crippen LogP contribution in [-0.2, 0) is 17.9 Å². The molecule has 0 fully saturated rings. The number of rotatable bonds is 9. The largest absolute Gasteiger partial charge is 0.485 e. The fourth-order valence-corrected chi connectivity index (χ4v) is 3.93. The maximum Gasteiger partial charge on any atom is 0.224 e. The van der Waals surface area contributed by atoms with Crippen molar-refractivity contribution in [1.29, 1.82) is 0 Å². The summed E-state index contributed by atoms with van der Waals surface area (Å²) in [6.07, 6.45) is 3.51. The summed E-state index contributed by atoms with van der Waals surface area (Å²) in [5, 5.41) is 15.0. The Kier molecular flexibility index (Phi) is 7.41. The molecule has 192 valence electrons. The second kappa shape index (κ2) is 11.2. The molecule has 0 bridgehead atoms. The molecule has 2 heterocycles. The van der Waals surface area contributed by atoms with Crippen LogP contribution in [0, 0.1) is 5.82 Å². The summed E-state index contributed by atoms with van der Waals surface area (Å²) in [6.45, 7) is 2.49. The van der Waals surface area contributed by atoms with Gasteiger partial charge in [0.05, 0.1) is 29.0 Å². The Labute approximate surface area is 222 Å². The molecule has 2 aromatic heterocycles. The number of ether oxygens (including phenoxy) is 1. The van der Waals surface area contributed by atoms with Crippen molar-refractivity contribution >= 4 is 45.6 Å². The maximum atomic E-state index is 13.6. The third kappa shape index (κ3) is 5.87. The third-order valence-electron chi connectivity index (χ3n) is 5.66. The lowest BCUT2D eigenvalue weighted by Crippen LogP contribution is -2.11. The summed E-state index contributed by atoms with van der Waals surface area (Å²) in [4.78, 5) is 21.0. The summed E-state index contributed by atoms with van der Waals surface area (Å²) in [5.74, 6) is 0.183. The van der Waals surface area contributed by atoms with Crippen LogP contribution in [0.4, 0.5) is 21.6 Å². The molecule has 3 aromatic carbocycles. The van der Waals surface area contributed by atoms with E-state index in [0.717, 1.165) is 5.56 Å². The van der Waals surface area contributed by atoms with Crippen LogP contribution in [0.3, 0.4) is 0 Å². The highest BCUT2D eigenvalue weighted by Gasteiger charge is 2.15. The van der Waals surface area contributed by atoms with Gasteiger partial charge in [0.1, 0.15) is 36.0 Å². The van der Waals surface area contributed by atoms with Crippen LogP contribution in [0.2, 0.25) is 5.02 Å². The van der Waals surface area contributed by atoms with E-state index in [0.29, 0.717) is 46.1 Å². The number of carbonyl (C=O) groups excluding carboxylic acids is 1. The number of halogens is 2. The van der Waals surface area contributed by atoms with E-state index in [1.54, 1.807) is 29.8 Å². The zero-order valence-corrected chi connectivity index (χ0v) is 21.1. The van der Waals surface area contributed by atoms with Crippen LogP contribution in [0.25, 0.3) is 10.9 Å². The molecule has 11 heteroatoms. The van der Waals surface area contributed by atoms with Crippen LogP contribution in [0.1, 0.15) is 24.6 Å². The number of amides is 1. The molecule has 0 aliphatic heterocycles. The lowest BCUT2D eigenvalue weighted by atomic mass is 10.1. The number of anilines is 3. The lowest BCUT2D eigenvalue weighted by molar-refractivity contribution is -0.115. The Morgan fingerprint density at radius 2 is 1.95 bits per heavy atom. The molecule has 1 amide bonds. The Bertz CT molecular complexity index is 1590. The molecule has 5 rings (SSSR count). The van der Waals surface area contributed by atoms with E-state index in [1.807, 2.05) is 36.5 Å². The fourth-order valence-electron chi connectivity index (χ4n) is 3.75. The summed E-state index contributed by atoms with van der Waals surface area (Å²) in [5.41, 5.74) is 3.32. The molecule has 0 saturated carbocycles. The number of nitrogens with one attached hydrogen (secondary N) is 2. The van der Waals surface area contributed by atoms with Crippen LogP contribution in [0.15, 0.2) is 73.2 Å². The molecule has 0 aliphatic carbocycles. The van der Waals surface area contributed by atoms with Crippen molar-refractivity contribution in [2.24, 2.45) is 0 Å². The second-order valence-electron chi connectivity index (χ2n) is 8.43. The van der Waals surface area contributed by atoms with Gasteiger partial charge in [0.2, 0.25) is 5.91 Å². The van der Waals surface area contributed by atoms with Crippen molar-refractivity contribution in [3.63, 3.8) is 0 Å². The highest BCUT2D eigenvalue weighted by Crippen LogP contribution is 2.34. The molecular formula is C27H23ClFN7O2. The van der Waals surface area contributed by atoms with Gasteiger partial charge in [-0.25, -0.2) is 19.0 Å². The van der Waals surface area contributed by atoms with Gasteiger partial charge in [-0.2, -0.15) is 0 Å². The summed E-state index contributed by atoms with van der Waals surface area (Å²) in [6, 6.07) is 17.7. The number of fused-ring (bicyclic) bond motifs is 1. The van der Waals surface area contributed by atoms with Gasteiger partial charge in [-0.15, -0.1) is 5.10 Å². The van der Waals surface area contributed by atoms with Crippen molar-refractivity contribution in [2.75, 3.05) is 10.6 Å². The first kappa shape index (κ1) is 25.1. The van der Waals surface area contributed by atoms with E-state index in [1.165, 1.54) is 18.5 Å². The SMILES string of the molecule is CCC(=O)Nc1cc2c(Nc3ccc(F)c(Cl)c3)ncnc2cc1OCc1cn(Cc2ccccc2)nn1. The molecule has 0 saturated heterocycles. The monoisotopic (exact) mass is 531 g/mol. The zero-order chi connectivity index (χ0) is 26.5. The summed E-state index contributed by atoms with van der Waals surface area (Å²) in [7, 11) is 0. The predicted octanol–water partition coefficient (Wildman–Crippen LogP) is 5.73. The van der Waals surface area contributed by atoms with Crippen LogP contribution >= 0.6 is 11.6 Å². The van der Waals surface area contributed by atoms with Crippen molar-refractivity contribution < 1.29 is 13.9 Å². The van der Waals surface area contributed by atoms with Crippen LogP contribution in [-0.4, -0.2) is 30.9 Å². The minimum Gasteiger partial charge on any atom is -0.485 e. The minimum atomic E-state index is -0.517. The van der Waals surface area contributed by atoms with Gasteiger partial charge in [0.25, 0.3) is 0 Å². The Balaban J connectivity index is 1.40. The predicted molar refractivity (Wildman–Crippen MR) is 143 cm³/mol. The topological polar surface area (TPSA) is 107 Å². The number of carbonyl (C=O) groups is 1.